The summed E-state index contributed by atoms with van der Waals surface area (Å²) in [5.41, 5.74) is 0.903. The van der Waals surface area contributed by atoms with Crippen LogP contribution in [0.4, 0.5) is 11.6 Å². The van der Waals surface area contributed by atoms with Gasteiger partial charge < -0.3 is 20.2 Å². The van der Waals surface area contributed by atoms with Gasteiger partial charge in [0.1, 0.15) is 18.0 Å². The second-order valence-electron chi connectivity index (χ2n) is 6.71. The highest BCUT2D eigenvalue weighted by molar-refractivity contribution is 5.82. The molecule has 2 N–H and O–H groups in total. The van der Waals surface area contributed by atoms with Crippen molar-refractivity contribution in [2.45, 2.75) is 25.5 Å². The number of anilines is 2. The van der Waals surface area contributed by atoms with Crippen molar-refractivity contribution >= 4 is 17.5 Å². The summed E-state index contributed by atoms with van der Waals surface area (Å²) >= 11 is 0. The normalized spacial score (nSPS) is 17.1. The number of aliphatic hydroxyl groups excluding tert-OH is 1. The molecular weight excluding hydrogens is 330 g/mol. The zero-order valence-electron chi connectivity index (χ0n) is 15.2. The summed E-state index contributed by atoms with van der Waals surface area (Å²) in [6, 6.07) is 11.5. The van der Waals surface area contributed by atoms with Crippen molar-refractivity contribution in [1.82, 2.24) is 14.9 Å². The Balaban J connectivity index is 1.60. The Morgan fingerprint density at radius 1 is 1.23 bits per heavy atom. The Morgan fingerprint density at radius 2 is 2.00 bits per heavy atom. The molecule has 0 aliphatic carbocycles. The number of nitrogens with one attached hydrogen (secondary N) is 1. The summed E-state index contributed by atoms with van der Waals surface area (Å²) in [6.45, 7) is 3.77. The molecule has 1 aromatic heterocycles. The van der Waals surface area contributed by atoms with Crippen LogP contribution in [0.1, 0.15) is 25.0 Å². The Morgan fingerprint density at radius 3 is 2.73 bits per heavy atom. The molecule has 0 saturated carbocycles. The van der Waals surface area contributed by atoms with Gasteiger partial charge in [-0.1, -0.05) is 30.3 Å². The minimum absolute atomic E-state index is 0.0297. The van der Waals surface area contributed by atoms with Crippen LogP contribution >= 0.6 is 0 Å². The first-order valence-electron chi connectivity index (χ1n) is 8.83. The first-order chi connectivity index (χ1) is 12.5. The van der Waals surface area contributed by atoms with Gasteiger partial charge in [0.2, 0.25) is 5.91 Å². The Hall–Kier alpha value is -2.67. The average molecular weight is 355 g/mol. The van der Waals surface area contributed by atoms with Gasteiger partial charge in [-0.05, 0) is 18.9 Å². The monoisotopic (exact) mass is 355 g/mol. The number of likely N-dealkylation sites (N-methyl/N-ethyl adjacent to an activating group) is 1. The highest BCUT2D eigenvalue weighted by atomic mass is 16.3. The van der Waals surface area contributed by atoms with E-state index in [-0.39, 0.29) is 11.9 Å². The topological polar surface area (TPSA) is 81.6 Å². The van der Waals surface area contributed by atoms with Crippen molar-refractivity contribution in [1.29, 1.82) is 0 Å². The quantitative estimate of drug-likeness (QED) is 0.820. The van der Waals surface area contributed by atoms with E-state index in [2.05, 4.69) is 15.3 Å². The van der Waals surface area contributed by atoms with Crippen LogP contribution in [0, 0.1) is 0 Å². The van der Waals surface area contributed by atoms with E-state index in [9.17, 15) is 9.90 Å². The summed E-state index contributed by atoms with van der Waals surface area (Å²) in [5, 5.41) is 13.7. The third-order valence-corrected chi connectivity index (χ3v) is 4.59. The molecule has 26 heavy (non-hydrogen) atoms. The lowest BCUT2D eigenvalue weighted by Crippen LogP contribution is -2.48. The molecule has 1 aliphatic heterocycles. The molecule has 7 heteroatoms. The van der Waals surface area contributed by atoms with Crippen LogP contribution in [-0.2, 0) is 4.79 Å². The molecule has 3 rings (SSSR count). The van der Waals surface area contributed by atoms with E-state index in [1.807, 2.05) is 55.3 Å². The SMILES string of the molecule is CC(CC(O)c1ccccc1)Nc1cc(N2CCN(C)C(=O)C2)ncn1. The molecular formula is C19H25N5O2. The van der Waals surface area contributed by atoms with Crippen molar-refractivity contribution in [3.05, 3.63) is 48.3 Å². The maximum absolute atomic E-state index is 11.9. The van der Waals surface area contributed by atoms with Gasteiger partial charge in [-0.3, -0.25) is 4.79 Å². The maximum atomic E-state index is 11.9. The lowest BCUT2D eigenvalue weighted by atomic mass is 10.0. The Bertz CT molecular complexity index is 740. The number of aromatic nitrogens is 2. The third-order valence-electron chi connectivity index (χ3n) is 4.59. The van der Waals surface area contributed by atoms with Crippen molar-refractivity contribution in [3.63, 3.8) is 0 Å². The minimum Gasteiger partial charge on any atom is -0.388 e. The molecule has 2 unspecified atom stereocenters. The number of carbonyl (C=O) groups is 1. The van der Waals surface area contributed by atoms with E-state index in [0.717, 1.165) is 17.9 Å². The number of nitrogens with zero attached hydrogens (tertiary/aromatic N) is 4. The summed E-state index contributed by atoms with van der Waals surface area (Å²) in [4.78, 5) is 24.1. The molecule has 2 aromatic rings. The second kappa shape index (κ2) is 8.14. The second-order valence-corrected chi connectivity index (χ2v) is 6.71. The van der Waals surface area contributed by atoms with Crippen LogP contribution in [0.25, 0.3) is 0 Å². The fourth-order valence-corrected chi connectivity index (χ4v) is 3.01. The van der Waals surface area contributed by atoms with Gasteiger partial charge in [0.05, 0.1) is 12.6 Å². The number of amides is 1. The van der Waals surface area contributed by atoms with E-state index in [1.165, 1.54) is 6.33 Å². The molecule has 2 heterocycles. The number of rotatable bonds is 6. The van der Waals surface area contributed by atoms with Gasteiger partial charge in [-0.2, -0.15) is 0 Å². The first-order valence-corrected chi connectivity index (χ1v) is 8.83. The molecule has 0 spiro atoms. The number of hydrogen-bond acceptors (Lipinski definition) is 6. The predicted molar refractivity (Wildman–Crippen MR) is 101 cm³/mol. The molecule has 138 valence electrons. The zero-order chi connectivity index (χ0) is 18.5. The van der Waals surface area contributed by atoms with Gasteiger partial charge in [0, 0.05) is 32.2 Å². The molecule has 1 amide bonds. The Labute approximate surface area is 153 Å². The maximum Gasteiger partial charge on any atom is 0.241 e. The number of aliphatic hydroxyl groups is 1. The first kappa shape index (κ1) is 18.1. The van der Waals surface area contributed by atoms with Crippen LogP contribution in [0.5, 0.6) is 0 Å². The summed E-state index contributed by atoms with van der Waals surface area (Å²) < 4.78 is 0. The fourth-order valence-electron chi connectivity index (χ4n) is 3.01. The highest BCUT2D eigenvalue weighted by Crippen LogP contribution is 2.21. The van der Waals surface area contributed by atoms with Gasteiger partial charge in [0.25, 0.3) is 0 Å². The third kappa shape index (κ3) is 4.49. The van der Waals surface area contributed by atoms with Crippen LogP contribution < -0.4 is 10.2 Å². The van der Waals surface area contributed by atoms with Crippen LogP contribution in [0.15, 0.2) is 42.7 Å². The zero-order valence-corrected chi connectivity index (χ0v) is 15.2. The molecule has 1 fully saturated rings. The molecule has 7 nitrogen and oxygen atoms in total. The lowest BCUT2D eigenvalue weighted by Gasteiger charge is -2.32. The van der Waals surface area contributed by atoms with Crippen LogP contribution in [-0.4, -0.2) is 58.6 Å². The largest absolute Gasteiger partial charge is 0.388 e. The summed E-state index contributed by atoms with van der Waals surface area (Å²) in [6.07, 6.45) is 1.53. The highest BCUT2D eigenvalue weighted by Gasteiger charge is 2.22. The Kier molecular flexibility index (Phi) is 5.68. The van der Waals surface area contributed by atoms with E-state index >= 15 is 0 Å². The minimum atomic E-state index is -0.532. The molecule has 1 aromatic carbocycles. The molecule has 0 radical (unpaired) electrons. The predicted octanol–water partition coefficient (Wildman–Crippen LogP) is 1.68. The number of hydrogen-bond donors (Lipinski definition) is 2. The molecule has 2 atom stereocenters. The molecule has 1 saturated heterocycles. The number of benzene rings is 1. The summed E-state index contributed by atoms with van der Waals surface area (Å²) in [7, 11) is 1.81. The summed E-state index contributed by atoms with van der Waals surface area (Å²) in [5.74, 6) is 1.51. The van der Waals surface area contributed by atoms with E-state index in [4.69, 9.17) is 0 Å². The van der Waals surface area contributed by atoms with Gasteiger partial charge in [-0.15, -0.1) is 0 Å². The van der Waals surface area contributed by atoms with Gasteiger partial charge in [-0.25, -0.2) is 9.97 Å². The van der Waals surface area contributed by atoms with E-state index < -0.39 is 6.10 Å². The van der Waals surface area contributed by atoms with Crippen molar-refractivity contribution < 1.29 is 9.90 Å². The number of piperazine rings is 1. The average Bonchev–Trinajstić information content (AvgIpc) is 2.65. The smallest absolute Gasteiger partial charge is 0.241 e. The fraction of sp³-hybridized carbons (Fsp3) is 0.421. The standard InChI is InChI=1S/C19H25N5O2/c1-14(10-16(25)15-6-4-3-5-7-15)22-17-11-18(21-13-20-17)24-9-8-23(2)19(26)12-24/h3-7,11,13-14,16,25H,8-10,12H2,1-2H3,(H,20,21,22). The lowest BCUT2D eigenvalue weighted by molar-refractivity contribution is -0.129. The van der Waals surface area contributed by atoms with Crippen LogP contribution in [0.3, 0.4) is 0 Å². The van der Waals surface area contributed by atoms with Gasteiger partial charge in [0.15, 0.2) is 0 Å². The number of carbonyl (C=O) groups excluding carboxylic acids is 1. The van der Waals surface area contributed by atoms with Crippen LogP contribution in [0.2, 0.25) is 0 Å². The molecule has 1 aliphatic rings. The van der Waals surface area contributed by atoms with Crippen molar-refractivity contribution in [2.24, 2.45) is 0 Å². The van der Waals surface area contributed by atoms with Crippen molar-refractivity contribution in [3.8, 4) is 0 Å². The van der Waals surface area contributed by atoms with E-state index in [1.54, 1.807) is 4.90 Å². The molecule has 0 bridgehead atoms. The van der Waals surface area contributed by atoms with E-state index in [0.29, 0.717) is 25.3 Å². The van der Waals surface area contributed by atoms with Crippen molar-refractivity contribution in [2.75, 3.05) is 36.9 Å². The van der Waals surface area contributed by atoms with Gasteiger partial charge >= 0.3 is 0 Å².